The summed E-state index contributed by atoms with van der Waals surface area (Å²) in [6.45, 7) is 2.68. The fraction of sp³-hybridized carbons (Fsp3) is 0.750. The van der Waals surface area contributed by atoms with Crippen LogP contribution in [-0.4, -0.2) is 55.4 Å². The molecule has 120 valence electrons. The van der Waals surface area contributed by atoms with Crippen molar-refractivity contribution in [1.82, 2.24) is 0 Å². The predicted molar refractivity (Wildman–Crippen MR) is 62.4 cm³/mol. The topological polar surface area (TPSA) is 88.1 Å². The average molecular weight is 310 g/mol. The van der Waals surface area contributed by atoms with Gasteiger partial charge in [-0.2, -0.15) is 0 Å². The van der Waals surface area contributed by atoms with Crippen LogP contribution in [0.15, 0.2) is 0 Å². The van der Waals surface area contributed by atoms with Crippen LogP contribution in [-0.2, 0) is 33.3 Å². The molecule has 1 unspecified atom stereocenters. The van der Waals surface area contributed by atoms with E-state index in [0.717, 1.165) is 20.8 Å². The van der Waals surface area contributed by atoms with Gasteiger partial charge in [0.1, 0.15) is 12.7 Å². The minimum absolute atomic E-state index is 0.474. The number of hydrogen-bond acceptors (Lipinski definition) is 7. The van der Waals surface area contributed by atoms with Crippen LogP contribution >= 0.6 is 0 Å². The Kier molecular flexibility index (Phi) is 6.01. The summed E-state index contributed by atoms with van der Waals surface area (Å²) in [5.41, 5.74) is 0. The Morgan fingerprint density at radius 1 is 0.952 bits per heavy atom. The number of halogens is 2. The molecule has 1 saturated heterocycles. The first kappa shape index (κ1) is 17.3. The Morgan fingerprint density at radius 2 is 1.48 bits per heavy atom. The lowest BCUT2D eigenvalue weighted by atomic mass is 10.00. The molecular weight excluding hydrogens is 294 g/mol. The van der Waals surface area contributed by atoms with E-state index in [1.807, 2.05) is 0 Å². The van der Waals surface area contributed by atoms with Crippen LogP contribution in [0.1, 0.15) is 20.8 Å². The molecule has 9 heteroatoms. The summed E-state index contributed by atoms with van der Waals surface area (Å²) >= 11 is 0. The third-order valence-corrected chi connectivity index (χ3v) is 2.61. The molecule has 1 heterocycles. The van der Waals surface area contributed by atoms with Gasteiger partial charge < -0.3 is 18.9 Å². The van der Waals surface area contributed by atoms with Gasteiger partial charge in [-0.3, -0.25) is 14.4 Å². The number of esters is 3. The first-order valence-electron chi connectivity index (χ1n) is 6.13. The van der Waals surface area contributed by atoms with Crippen molar-refractivity contribution in [3.05, 3.63) is 0 Å². The Labute approximate surface area is 119 Å². The molecule has 0 aromatic carbocycles. The van der Waals surface area contributed by atoms with Gasteiger partial charge in [-0.1, -0.05) is 0 Å². The van der Waals surface area contributed by atoms with Gasteiger partial charge in [0, 0.05) is 20.8 Å². The van der Waals surface area contributed by atoms with Crippen LogP contribution in [0.5, 0.6) is 0 Å². The van der Waals surface area contributed by atoms with Crippen molar-refractivity contribution in [2.45, 2.75) is 51.6 Å². The van der Waals surface area contributed by atoms with Gasteiger partial charge in [0.05, 0.1) is 0 Å². The van der Waals surface area contributed by atoms with Crippen molar-refractivity contribution in [2.75, 3.05) is 6.61 Å². The Hall–Kier alpha value is -1.77. The number of carbonyl (C=O) groups excluding carboxylic acids is 3. The zero-order valence-electron chi connectivity index (χ0n) is 11.7. The van der Waals surface area contributed by atoms with Crippen molar-refractivity contribution in [1.29, 1.82) is 0 Å². The highest BCUT2D eigenvalue weighted by atomic mass is 19.2. The molecule has 1 aliphatic rings. The van der Waals surface area contributed by atoms with Gasteiger partial charge in [-0.15, -0.1) is 0 Å². The van der Waals surface area contributed by atoms with Crippen molar-refractivity contribution in [2.24, 2.45) is 0 Å². The lowest BCUT2D eigenvalue weighted by Gasteiger charge is -2.39. The van der Waals surface area contributed by atoms with Crippen LogP contribution in [0.2, 0.25) is 0 Å². The Bertz CT molecular complexity index is 414. The van der Waals surface area contributed by atoms with E-state index in [-0.39, 0.29) is 0 Å². The smallest absolute Gasteiger partial charge is 0.303 e. The summed E-state index contributed by atoms with van der Waals surface area (Å²) < 4.78 is 46.1. The first-order valence-corrected chi connectivity index (χ1v) is 6.13. The number of hydrogen-bond donors (Lipinski definition) is 0. The van der Waals surface area contributed by atoms with Crippen molar-refractivity contribution in [3.8, 4) is 0 Å². The molecular formula is C12H16F2O7. The highest BCUT2D eigenvalue weighted by molar-refractivity contribution is 5.67. The SMILES string of the molecule is CC(=O)OC[C@H]1OC(F)[C@@H](F)[C@@H](OC(C)=O)[C@@H]1OC(C)=O. The molecule has 21 heavy (non-hydrogen) atoms. The highest BCUT2D eigenvalue weighted by Crippen LogP contribution is 2.29. The fourth-order valence-corrected chi connectivity index (χ4v) is 1.85. The largest absolute Gasteiger partial charge is 0.463 e. The normalized spacial score (nSPS) is 32.1. The maximum absolute atomic E-state index is 13.8. The third kappa shape index (κ3) is 4.92. The van der Waals surface area contributed by atoms with E-state index in [1.54, 1.807) is 0 Å². The summed E-state index contributed by atoms with van der Waals surface area (Å²) in [6.07, 6.45) is -9.12. The maximum atomic E-state index is 13.8. The summed E-state index contributed by atoms with van der Waals surface area (Å²) in [4.78, 5) is 32.8. The third-order valence-electron chi connectivity index (χ3n) is 2.61. The summed E-state index contributed by atoms with van der Waals surface area (Å²) in [6, 6.07) is 0. The van der Waals surface area contributed by atoms with E-state index in [9.17, 15) is 23.2 Å². The van der Waals surface area contributed by atoms with Gasteiger partial charge in [-0.05, 0) is 0 Å². The van der Waals surface area contributed by atoms with E-state index in [0.29, 0.717) is 0 Å². The second-order valence-corrected chi connectivity index (χ2v) is 4.42. The minimum Gasteiger partial charge on any atom is -0.463 e. The van der Waals surface area contributed by atoms with E-state index < -0.39 is 55.4 Å². The molecule has 0 aromatic heterocycles. The molecule has 0 aromatic rings. The summed E-state index contributed by atoms with van der Waals surface area (Å²) in [5.74, 6) is -2.36. The number of alkyl halides is 2. The summed E-state index contributed by atoms with van der Waals surface area (Å²) in [7, 11) is 0. The zero-order chi connectivity index (χ0) is 16.2. The van der Waals surface area contributed by atoms with Gasteiger partial charge >= 0.3 is 17.9 Å². The van der Waals surface area contributed by atoms with Gasteiger partial charge in [0.25, 0.3) is 0 Å². The first-order chi connectivity index (χ1) is 9.72. The van der Waals surface area contributed by atoms with Gasteiger partial charge in [0.2, 0.25) is 6.36 Å². The van der Waals surface area contributed by atoms with Crippen molar-refractivity contribution in [3.63, 3.8) is 0 Å². The Balaban J connectivity index is 2.94. The zero-order valence-corrected chi connectivity index (χ0v) is 11.7. The van der Waals surface area contributed by atoms with E-state index in [1.165, 1.54) is 0 Å². The average Bonchev–Trinajstić information content (AvgIpc) is 2.35. The second kappa shape index (κ2) is 7.30. The fourth-order valence-electron chi connectivity index (χ4n) is 1.85. The monoisotopic (exact) mass is 310 g/mol. The van der Waals surface area contributed by atoms with E-state index in [2.05, 4.69) is 14.2 Å². The standard InChI is InChI=1S/C12H16F2O7/c1-5(15)18-4-8-10(19-6(2)16)11(20-7(3)17)9(13)12(14)21-8/h8-12H,4H2,1-3H3/t8-,9+,10-,11-,12?/m1/s1. The lowest BCUT2D eigenvalue weighted by Crippen LogP contribution is -2.58. The van der Waals surface area contributed by atoms with Gasteiger partial charge in [-0.25, -0.2) is 8.78 Å². The molecule has 0 bridgehead atoms. The van der Waals surface area contributed by atoms with Crippen LogP contribution in [0.25, 0.3) is 0 Å². The number of carbonyl (C=O) groups is 3. The quantitative estimate of drug-likeness (QED) is 0.550. The lowest BCUT2D eigenvalue weighted by molar-refractivity contribution is -0.259. The second-order valence-electron chi connectivity index (χ2n) is 4.42. The highest BCUT2D eigenvalue weighted by Gasteiger charge is 2.51. The summed E-state index contributed by atoms with van der Waals surface area (Å²) in [5, 5.41) is 0. The Morgan fingerprint density at radius 3 is 1.95 bits per heavy atom. The molecule has 0 radical (unpaired) electrons. The molecule has 0 saturated carbocycles. The van der Waals surface area contributed by atoms with Crippen LogP contribution in [0.3, 0.4) is 0 Å². The predicted octanol–water partition coefficient (Wildman–Crippen LogP) is 0.445. The van der Waals surface area contributed by atoms with Crippen LogP contribution in [0, 0.1) is 0 Å². The molecule has 0 spiro atoms. The van der Waals surface area contributed by atoms with Crippen molar-refractivity contribution < 1.29 is 42.1 Å². The molecule has 0 N–H and O–H groups in total. The molecule has 1 fully saturated rings. The molecule has 1 rings (SSSR count). The minimum atomic E-state index is -2.40. The number of ether oxygens (including phenoxy) is 4. The molecule has 1 aliphatic heterocycles. The van der Waals surface area contributed by atoms with E-state index >= 15 is 0 Å². The molecule has 5 atom stereocenters. The molecule has 7 nitrogen and oxygen atoms in total. The molecule has 0 amide bonds. The van der Waals surface area contributed by atoms with Crippen LogP contribution < -0.4 is 0 Å². The van der Waals surface area contributed by atoms with Crippen LogP contribution in [0.4, 0.5) is 8.78 Å². The van der Waals surface area contributed by atoms with Gasteiger partial charge in [0.15, 0.2) is 18.4 Å². The maximum Gasteiger partial charge on any atom is 0.303 e. The van der Waals surface area contributed by atoms with E-state index in [4.69, 9.17) is 4.74 Å². The van der Waals surface area contributed by atoms with Crippen molar-refractivity contribution >= 4 is 17.9 Å². The molecule has 0 aliphatic carbocycles. The number of rotatable bonds is 4.